The SMILES string of the molecule is Cn1cc(-c2cccc(NC(=O)c3cc4c(s3)CCCCC4)c2F)cc(Nc2ccc(N3CCCOCC3)cn2)c1=O. The van der Waals surface area contributed by atoms with E-state index in [1.807, 2.05) is 18.2 Å². The molecule has 0 spiro atoms. The maximum Gasteiger partial charge on any atom is 0.274 e. The fraction of sp³-hybridized carbons (Fsp3) is 0.344. The minimum absolute atomic E-state index is 0.0978. The first-order valence-corrected chi connectivity index (χ1v) is 15.3. The molecule has 4 aromatic rings. The zero-order valence-corrected chi connectivity index (χ0v) is 24.4. The molecule has 6 rings (SSSR count). The van der Waals surface area contributed by atoms with Gasteiger partial charge in [0, 0.05) is 48.9 Å². The summed E-state index contributed by atoms with van der Waals surface area (Å²) >= 11 is 1.50. The number of benzene rings is 1. The number of thiophene rings is 1. The molecule has 1 saturated heterocycles. The van der Waals surface area contributed by atoms with Crippen LogP contribution >= 0.6 is 11.3 Å². The molecule has 0 saturated carbocycles. The molecule has 218 valence electrons. The van der Waals surface area contributed by atoms with Gasteiger partial charge in [-0.15, -0.1) is 11.3 Å². The van der Waals surface area contributed by atoms with Gasteiger partial charge in [-0.25, -0.2) is 9.37 Å². The van der Waals surface area contributed by atoms with Gasteiger partial charge in [-0.2, -0.15) is 0 Å². The van der Waals surface area contributed by atoms with Crippen LogP contribution in [0.15, 0.2) is 59.7 Å². The van der Waals surface area contributed by atoms with Gasteiger partial charge in [0.05, 0.1) is 29.1 Å². The second kappa shape index (κ2) is 12.5. The molecule has 0 bridgehead atoms. The molecule has 3 aromatic heterocycles. The van der Waals surface area contributed by atoms with E-state index < -0.39 is 5.82 Å². The molecule has 42 heavy (non-hydrogen) atoms. The predicted octanol–water partition coefficient (Wildman–Crippen LogP) is 6.14. The number of carbonyl (C=O) groups excluding carboxylic acids is 1. The Labute approximate surface area is 248 Å². The van der Waals surface area contributed by atoms with Crippen LogP contribution in [0.4, 0.5) is 27.3 Å². The molecular weight excluding hydrogens is 553 g/mol. The lowest BCUT2D eigenvalue weighted by molar-refractivity contribution is 0.103. The van der Waals surface area contributed by atoms with E-state index in [0.29, 0.717) is 22.9 Å². The number of hydrogen-bond donors (Lipinski definition) is 2. The number of hydrogen-bond acceptors (Lipinski definition) is 7. The lowest BCUT2D eigenvalue weighted by atomic mass is 10.1. The van der Waals surface area contributed by atoms with Gasteiger partial charge < -0.3 is 24.8 Å². The minimum atomic E-state index is -0.558. The number of ether oxygens (including phenoxy) is 1. The maximum atomic E-state index is 15.8. The molecule has 2 aliphatic rings. The number of nitrogens with one attached hydrogen (secondary N) is 2. The smallest absolute Gasteiger partial charge is 0.274 e. The molecule has 4 heterocycles. The third-order valence-electron chi connectivity index (χ3n) is 7.81. The van der Waals surface area contributed by atoms with Crippen LogP contribution in [-0.2, 0) is 24.6 Å². The summed E-state index contributed by atoms with van der Waals surface area (Å²) in [5, 5.41) is 5.87. The van der Waals surface area contributed by atoms with Gasteiger partial charge >= 0.3 is 0 Å². The Morgan fingerprint density at radius 2 is 1.90 bits per heavy atom. The lowest BCUT2D eigenvalue weighted by Crippen LogP contribution is -2.26. The van der Waals surface area contributed by atoms with Crippen molar-refractivity contribution in [2.75, 3.05) is 41.8 Å². The summed E-state index contributed by atoms with van der Waals surface area (Å²) < 4.78 is 22.8. The normalized spacial score (nSPS) is 15.4. The van der Waals surface area contributed by atoms with Crippen molar-refractivity contribution in [3.8, 4) is 11.1 Å². The third-order valence-corrected chi connectivity index (χ3v) is 9.05. The highest BCUT2D eigenvalue weighted by Crippen LogP contribution is 2.32. The molecule has 0 atom stereocenters. The van der Waals surface area contributed by atoms with E-state index in [2.05, 4.69) is 20.5 Å². The van der Waals surface area contributed by atoms with Crippen LogP contribution < -0.4 is 21.1 Å². The van der Waals surface area contributed by atoms with E-state index >= 15 is 4.39 Å². The van der Waals surface area contributed by atoms with Gasteiger partial charge in [-0.3, -0.25) is 9.59 Å². The van der Waals surface area contributed by atoms with Crippen molar-refractivity contribution in [3.63, 3.8) is 0 Å². The van der Waals surface area contributed by atoms with Crippen molar-refractivity contribution in [1.29, 1.82) is 0 Å². The van der Waals surface area contributed by atoms with E-state index in [9.17, 15) is 9.59 Å². The van der Waals surface area contributed by atoms with Crippen molar-refractivity contribution in [2.45, 2.75) is 38.5 Å². The van der Waals surface area contributed by atoms with E-state index in [-0.39, 0.29) is 28.4 Å². The molecule has 10 heteroatoms. The summed E-state index contributed by atoms with van der Waals surface area (Å²) in [6, 6.07) is 12.3. The molecule has 1 fully saturated rings. The van der Waals surface area contributed by atoms with Crippen molar-refractivity contribution in [3.05, 3.63) is 86.3 Å². The first-order chi connectivity index (χ1) is 20.5. The lowest BCUT2D eigenvalue weighted by Gasteiger charge is -2.21. The van der Waals surface area contributed by atoms with Crippen LogP contribution in [0.3, 0.4) is 0 Å². The number of rotatable bonds is 6. The molecule has 1 amide bonds. The Morgan fingerprint density at radius 3 is 2.76 bits per heavy atom. The van der Waals surface area contributed by atoms with Crippen LogP contribution in [0.2, 0.25) is 0 Å². The van der Waals surface area contributed by atoms with Crippen LogP contribution in [0.25, 0.3) is 11.1 Å². The number of aromatic nitrogens is 2. The van der Waals surface area contributed by atoms with E-state index in [1.165, 1.54) is 32.8 Å². The number of anilines is 4. The molecule has 1 aromatic carbocycles. The molecule has 1 aliphatic heterocycles. The molecule has 0 radical (unpaired) electrons. The monoisotopic (exact) mass is 587 g/mol. The Hall–Kier alpha value is -4.02. The summed E-state index contributed by atoms with van der Waals surface area (Å²) in [7, 11) is 1.62. The quantitative estimate of drug-likeness (QED) is 0.264. The summed E-state index contributed by atoms with van der Waals surface area (Å²) in [5.41, 5.74) is 3.11. The van der Waals surface area contributed by atoms with Crippen molar-refractivity contribution in [1.82, 2.24) is 9.55 Å². The average molecular weight is 588 g/mol. The Balaban J connectivity index is 1.22. The largest absolute Gasteiger partial charge is 0.380 e. The predicted molar refractivity (Wildman–Crippen MR) is 166 cm³/mol. The molecule has 1 aliphatic carbocycles. The van der Waals surface area contributed by atoms with Gasteiger partial charge in [-0.05, 0) is 68.0 Å². The van der Waals surface area contributed by atoms with Crippen molar-refractivity contribution >= 4 is 40.1 Å². The Morgan fingerprint density at radius 1 is 1.02 bits per heavy atom. The number of amides is 1. The fourth-order valence-corrected chi connectivity index (χ4v) is 6.70. The van der Waals surface area contributed by atoms with Crippen LogP contribution in [0.5, 0.6) is 0 Å². The standard InChI is InChI=1S/C32H34FN5O3S/c1-37-20-22(17-26(32(37)40)35-29-12-11-23(19-34-29)38-13-6-15-41-16-14-38)24-8-5-9-25(30(24)33)36-31(39)28-18-21-7-3-2-4-10-27(21)42-28/h5,8-9,11-12,17-20H,2-4,6-7,10,13-16H2,1H3,(H,34,35)(H,36,39). The van der Waals surface area contributed by atoms with Crippen LogP contribution in [0.1, 0.15) is 45.8 Å². The molecular formula is C32H34FN5O3S. The van der Waals surface area contributed by atoms with Gasteiger partial charge in [-0.1, -0.05) is 18.6 Å². The van der Waals surface area contributed by atoms with E-state index in [0.717, 1.165) is 57.5 Å². The summed E-state index contributed by atoms with van der Waals surface area (Å²) in [6.45, 7) is 3.14. The van der Waals surface area contributed by atoms with E-state index in [4.69, 9.17) is 4.74 Å². The second-order valence-electron chi connectivity index (χ2n) is 10.8. The highest BCUT2D eigenvalue weighted by molar-refractivity contribution is 7.14. The van der Waals surface area contributed by atoms with Gasteiger partial charge in [0.1, 0.15) is 11.5 Å². The van der Waals surface area contributed by atoms with Crippen molar-refractivity contribution < 1.29 is 13.9 Å². The van der Waals surface area contributed by atoms with E-state index in [1.54, 1.807) is 43.7 Å². The minimum Gasteiger partial charge on any atom is -0.380 e. The van der Waals surface area contributed by atoms with Crippen molar-refractivity contribution in [2.24, 2.45) is 7.05 Å². The number of carbonyl (C=O) groups is 1. The molecule has 8 nitrogen and oxygen atoms in total. The maximum absolute atomic E-state index is 15.8. The number of pyridine rings is 2. The van der Waals surface area contributed by atoms with Crippen LogP contribution in [-0.4, -0.2) is 41.8 Å². The highest BCUT2D eigenvalue weighted by atomic mass is 32.1. The van der Waals surface area contributed by atoms with Gasteiger partial charge in [0.2, 0.25) is 0 Å². The number of halogens is 1. The second-order valence-corrected chi connectivity index (χ2v) is 11.9. The summed E-state index contributed by atoms with van der Waals surface area (Å²) in [4.78, 5) is 34.6. The highest BCUT2D eigenvalue weighted by Gasteiger charge is 2.19. The Bertz CT molecular complexity index is 1620. The average Bonchev–Trinajstić information content (AvgIpc) is 3.14. The number of nitrogens with zero attached hydrogens (tertiary/aromatic N) is 3. The molecule has 2 N–H and O–H groups in total. The first-order valence-electron chi connectivity index (χ1n) is 14.4. The summed E-state index contributed by atoms with van der Waals surface area (Å²) in [5.74, 6) is -0.360. The van der Waals surface area contributed by atoms with Gasteiger partial charge in [0.15, 0.2) is 5.82 Å². The number of aryl methyl sites for hydroxylation is 3. The zero-order chi connectivity index (χ0) is 29.1. The number of fused-ring (bicyclic) bond motifs is 1. The van der Waals surface area contributed by atoms with Crippen LogP contribution in [0, 0.1) is 5.82 Å². The van der Waals surface area contributed by atoms with Gasteiger partial charge in [0.25, 0.3) is 11.5 Å². The topological polar surface area (TPSA) is 88.5 Å². The fourth-order valence-electron chi connectivity index (χ4n) is 5.55. The Kier molecular flexibility index (Phi) is 8.34. The summed E-state index contributed by atoms with van der Waals surface area (Å²) in [6.07, 6.45) is 9.78. The zero-order valence-electron chi connectivity index (χ0n) is 23.6. The molecule has 0 unspecified atom stereocenters. The first kappa shape index (κ1) is 28.1. The third kappa shape index (κ3) is 6.10.